The van der Waals surface area contributed by atoms with Crippen molar-refractivity contribution in [1.82, 2.24) is 20.9 Å². The van der Waals surface area contributed by atoms with Crippen molar-refractivity contribution < 1.29 is 38.6 Å². The van der Waals surface area contributed by atoms with Crippen LogP contribution in [0.3, 0.4) is 0 Å². The molecule has 1 aliphatic heterocycles. The Morgan fingerprint density at radius 1 is 1.10 bits per heavy atom. The van der Waals surface area contributed by atoms with Gasteiger partial charge in [0.2, 0.25) is 17.7 Å². The number of ether oxygens (including phenoxy) is 1. The molecule has 13 nitrogen and oxygen atoms in total. The minimum Gasteiger partial charge on any atom is -0.481 e. The topological polar surface area (TPSA) is 197 Å². The monoisotopic (exact) mass is 547 g/mol. The van der Waals surface area contributed by atoms with Gasteiger partial charge in [-0.05, 0) is 45.6 Å². The maximum Gasteiger partial charge on any atom is 0.336 e. The molecule has 39 heavy (non-hydrogen) atoms. The number of benzene rings is 1. The molecule has 0 unspecified atom stereocenters. The quantitative estimate of drug-likeness (QED) is 0.159. The third kappa shape index (κ3) is 8.50. The summed E-state index contributed by atoms with van der Waals surface area (Å²) in [6.45, 7) is 5.17. The summed E-state index contributed by atoms with van der Waals surface area (Å²) in [6, 6.07) is 5.75. The van der Waals surface area contributed by atoms with Gasteiger partial charge in [-0.25, -0.2) is 4.79 Å². The average molecular weight is 548 g/mol. The third-order valence-electron chi connectivity index (χ3n) is 6.38. The third-order valence-corrected chi connectivity index (χ3v) is 6.38. The van der Waals surface area contributed by atoms with Crippen LogP contribution in [0.25, 0.3) is 0 Å². The number of carbonyl (C=O) groups is 6. The van der Waals surface area contributed by atoms with Crippen LogP contribution in [0.15, 0.2) is 30.3 Å². The Bertz CT molecular complexity index is 1070. The summed E-state index contributed by atoms with van der Waals surface area (Å²) in [5, 5.41) is 16.6. The van der Waals surface area contributed by atoms with Crippen LogP contribution in [0.5, 0.6) is 0 Å². The van der Waals surface area contributed by atoms with Gasteiger partial charge < -0.3 is 36.4 Å². The van der Waals surface area contributed by atoms with E-state index in [2.05, 4.69) is 16.0 Å². The van der Waals surface area contributed by atoms with E-state index in [1.54, 1.807) is 37.3 Å². The van der Waals surface area contributed by atoms with Gasteiger partial charge in [-0.1, -0.05) is 30.3 Å². The molecule has 1 aliphatic rings. The first-order valence-electron chi connectivity index (χ1n) is 12.8. The number of amides is 4. The van der Waals surface area contributed by atoms with E-state index in [-0.39, 0.29) is 12.5 Å². The Morgan fingerprint density at radius 3 is 2.38 bits per heavy atom. The van der Waals surface area contributed by atoms with E-state index >= 15 is 0 Å². The highest BCUT2D eigenvalue weighted by Crippen LogP contribution is 2.19. The highest BCUT2D eigenvalue weighted by molar-refractivity contribution is 6.08. The highest BCUT2D eigenvalue weighted by atomic mass is 16.5. The summed E-state index contributed by atoms with van der Waals surface area (Å²) >= 11 is 0. The fraction of sp³-hybridized carbons (Fsp3) is 0.538. The van der Waals surface area contributed by atoms with E-state index in [0.717, 1.165) is 0 Å². The van der Waals surface area contributed by atoms with Crippen LogP contribution in [0.1, 0.15) is 52.0 Å². The number of likely N-dealkylation sites (N-methyl/N-ethyl adjacent to an activating group) is 1. The Hall–Kier alpha value is -4.00. The van der Waals surface area contributed by atoms with Crippen LogP contribution in [0.2, 0.25) is 0 Å². The molecule has 1 fully saturated rings. The van der Waals surface area contributed by atoms with Gasteiger partial charge in [0, 0.05) is 19.5 Å². The van der Waals surface area contributed by atoms with Gasteiger partial charge in [0.15, 0.2) is 5.54 Å². The fourth-order valence-electron chi connectivity index (χ4n) is 4.10. The molecule has 214 valence electrons. The number of nitrogens with two attached hydrogens (primary N) is 1. The van der Waals surface area contributed by atoms with E-state index in [1.807, 2.05) is 0 Å². The van der Waals surface area contributed by atoms with Crippen molar-refractivity contribution in [3.63, 3.8) is 0 Å². The zero-order valence-electron chi connectivity index (χ0n) is 22.4. The van der Waals surface area contributed by atoms with Gasteiger partial charge in [0.25, 0.3) is 5.91 Å². The van der Waals surface area contributed by atoms with Gasteiger partial charge in [-0.2, -0.15) is 0 Å². The molecule has 1 heterocycles. The molecule has 13 heteroatoms. The van der Waals surface area contributed by atoms with E-state index in [1.165, 1.54) is 18.7 Å². The first kappa shape index (κ1) is 31.2. The number of hydrogen-bond donors (Lipinski definition) is 5. The van der Waals surface area contributed by atoms with Gasteiger partial charge in [-0.3, -0.25) is 24.0 Å². The maximum atomic E-state index is 13.0. The molecule has 4 atom stereocenters. The number of hydrogen-bond acceptors (Lipinski definition) is 8. The molecule has 0 spiro atoms. The normalized spacial score (nSPS) is 17.7. The fourth-order valence-corrected chi connectivity index (χ4v) is 4.10. The van der Waals surface area contributed by atoms with E-state index < -0.39 is 66.2 Å². The predicted octanol–water partition coefficient (Wildman–Crippen LogP) is -0.571. The minimum atomic E-state index is -2.38. The van der Waals surface area contributed by atoms with Gasteiger partial charge in [0.05, 0.1) is 0 Å². The molecule has 2 rings (SSSR count). The number of esters is 1. The van der Waals surface area contributed by atoms with Crippen molar-refractivity contribution in [3.05, 3.63) is 35.9 Å². The van der Waals surface area contributed by atoms with Crippen LogP contribution < -0.4 is 21.7 Å². The van der Waals surface area contributed by atoms with Crippen molar-refractivity contribution in [3.8, 4) is 0 Å². The van der Waals surface area contributed by atoms with Crippen LogP contribution in [0.4, 0.5) is 0 Å². The lowest BCUT2D eigenvalue weighted by Gasteiger charge is -2.29. The van der Waals surface area contributed by atoms with Crippen molar-refractivity contribution in [2.75, 3.05) is 13.1 Å². The average Bonchev–Trinajstić information content (AvgIpc) is 3.40. The largest absolute Gasteiger partial charge is 0.481 e. The second-order valence-electron chi connectivity index (χ2n) is 9.44. The summed E-state index contributed by atoms with van der Waals surface area (Å²) in [5.41, 5.74) is 4.32. The molecule has 4 amide bonds. The lowest BCUT2D eigenvalue weighted by atomic mass is 9.93. The maximum absolute atomic E-state index is 13.0. The number of nitrogens with one attached hydrogen (secondary N) is 3. The summed E-state index contributed by atoms with van der Waals surface area (Å²) < 4.78 is 5.19. The highest BCUT2D eigenvalue weighted by Gasteiger charge is 2.45. The molecule has 0 bridgehead atoms. The number of carboxylic acids is 1. The SMILES string of the molecule is CCNC(=O)[C@@H]1CCCN1C(=O)[C@H](C)NC(=O)[C@H](C)NC(=O)[C@@](N)(CCC(=O)O)C(=O)OCc1ccccc1. The number of nitrogens with zero attached hydrogens (tertiary/aromatic N) is 1. The number of aliphatic carboxylic acids is 1. The molecule has 0 saturated carbocycles. The molecule has 0 radical (unpaired) electrons. The summed E-state index contributed by atoms with van der Waals surface area (Å²) in [5.74, 6) is -4.97. The van der Waals surface area contributed by atoms with Gasteiger partial charge in [0.1, 0.15) is 24.7 Å². The van der Waals surface area contributed by atoms with Crippen LogP contribution in [-0.2, 0) is 40.1 Å². The van der Waals surface area contributed by atoms with Crippen LogP contribution >= 0.6 is 0 Å². The molecule has 0 aliphatic carbocycles. The molecular weight excluding hydrogens is 510 g/mol. The predicted molar refractivity (Wildman–Crippen MR) is 139 cm³/mol. The Balaban J connectivity index is 2.03. The van der Waals surface area contributed by atoms with Gasteiger partial charge in [-0.15, -0.1) is 0 Å². The smallest absolute Gasteiger partial charge is 0.336 e. The van der Waals surface area contributed by atoms with Crippen LogP contribution in [-0.4, -0.2) is 82.3 Å². The Morgan fingerprint density at radius 2 is 1.77 bits per heavy atom. The van der Waals surface area contributed by atoms with Gasteiger partial charge >= 0.3 is 11.9 Å². The summed E-state index contributed by atoms with van der Waals surface area (Å²) in [4.78, 5) is 76.4. The molecule has 1 aromatic rings. The standard InChI is InChI=1S/C26H37N5O8/c1-4-28-22(35)19-11-8-14-31(19)23(36)17(3)29-21(34)16(2)30-24(37)26(27,13-12-20(32)33)25(38)39-15-18-9-6-5-7-10-18/h5-7,9-10,16-17,19H,4,8,11-15,27H2,1-3H3,(H,28,35)(H,29,34)(H,30,37)(H,32,33)/t16-,17-,19-,26-/m0/s1. The van der Waals surface area contributed by atoms with Crippen molar-refractivity contribution in [1.29, 1.82) is 0 Å². The lowest BCUT2D eigenvalue weighted by molar-refractivity contribution is -0.157. The number of likely N-dealkylation sites (tertiary alicyclic amines) is 1. The van der Waals surface area contributed by atoms with Crippen molar-refractivity contribution >= 4 is 35.6 Å². The zero-order chi connectivity index (χ0) is 29.2. The molecule has 0 aromatic heterocycles. The van der Waals surface area contributed by atoms with Crippen molar-refractivity contribution in [2.24, 2.45) is 5.73 Å². The minimum absolute atomic E-state index is 0.192. The first-order valence-corrected chi connectivity index (χ1v) is 12.8. The van der Waals surface area contributed by atoms with E-state index in [0.29, 0.717) is 31.5 Å². The molecule has 1 aromatic carbocycles. The van der Waals surface area contributed by atoms with Crippen LogP contribution in [0, 0.1) is 0 Å². The van der Waals surface area contributed by atoms with Crippen molar-refractivity contribution in [2.45, 2.75) is 76.7 Å². The Labute approximate surface area is 226 Å². The summed E-state index contributed by atoms with van der Waals surface area (Å²) in [6.07, 6.45) is -0.00374. The van der Waals surface area contributed by atoms with E-state index in [4.69, 9.17) is 15.6 Å². The molecule has 1 saturated heterocycles. The number of carbonyl (C=O) groups excluding carboxylic acids is 5. The number of rotatable bonds is 13. The first-order chi connectivity index (χ1) is 18.4. The second kappa shape index (κ2) is 14.2. The molecule has 6 N–H and O–H groups in total. The lowest BCUT2D eigenvalue weighted by Crippen LogP contribution is -2.63. The molecular formula is C26H37N5O8. The summed E-state index contributed by atoms with van der Waals surface area (Å²) in [7, 11) is 0. The number of carboxylic acid groups (broad SMARTS) is 1. The second-order valence-corrected chi connectivity index (χ2v) is 9.44. The van der Waals surface area contributed by atoms with E-state index in [9.17, 15) is 28.8 Å². The zero-order valence-corrected chi connectivity index (χ0v) is 22.4. The Kier molecular flexibility index (Phi) is 11.4.